The third-order valence-corrected chi connectivity index (χ3v) is 4.63. The molecule has 1 aromatic heterocycles. The predicted molar refractivity (Wildman–Crippen MR) is 109 cm³/mol. The van der Waals surface area contributed by atoms with E-state index in [0.29, 0.717) is 5.69 Å². The number of anilines is 1. The van der Waals surface area contributed by atoms with Crippen LogP contribution in [0.4, 0.5) is 11.4 Å². The standard InChI is InChI=1S/C19H26N6O3/c1-6-23(7-2)17-10-8-16(9-11-17)12-20-21-19(26)15(5)24-14(4)18(25(27)28)13(3)22-24/h8-12,15H,6-7H2,1-5H3,(H,21,26)/b20-12+. The van der Waals surface area contributed by atoms with Crippen molar-refractivity contribution in [1.29, 1.82) is 0 Å². The van der Waals surface area contributed by atoms with Gasteiger partial charge in [-0.3, -0.25) is 19.6 Å². The number of hydrazone groups is 1. The minimum Gasteiger partial charge on any atom is -0.372 e. The first-order valence-corrected chi connectivity index (χ1v) is 9.18. The molecule has 2 rings (SSSR count). The van der Waals surface area contributed by atoms with Crippen LogP contribution in [0, 0.1) is 24.0 Å². The summed E-state index contributed by atoms with van der Waals surface area (Å²) in [6.45, 7) is 10.8. The molecule has 9 nitrogen and oxygen atoms in total. The van der Waals surface area contributed by atoms with Gasteiger partial charge in [-0.1, -0.05) is 12.1 Å². The SMILES string of the molecule is CCN(CC)c1ccc(/C=N/NC(=O)C(C)n2nc(C)c([N+](=O)[O-])c2C)cc1. The summed E-state index contributed by atoms with van der Waals surface area (Å²) in [5, 5.41) is 19.2. The lowest BCUT2D eigenvalue weighted by molar-refractivity contribution is -0.386. The molecule has 1 amide bonds. The number of hydrogen-bond acceptors (Lipinski definition) is 6. The lowest BCUT2D eigenvalue weighted by Gasteiger charge is -2.20. The second-order valence-electron chi connectivity index (χ2n) is 6.40. The van der Waals surface area contributed by atoms with Gasteiger partial charge in [0.15, 0.2) is 0 Å². The quantitative estimate of drug-likeness (QED) is 0.426. The number of benzene rings is 1. The van der Waals surface area contributed by atoms with Crippen molar-refractivity contribution in [2.75, 3.05) is 18.0 Å². The van der Waals surface area contributed by atoms with E-state index < -0.39 is 16.9 Å². The molecule has 150 valence electrons. The van der Waals surface area contributed by atoms with E-state index in [0.717, 1.165) is 24.3 Å². The zero-order valence-corrected chi connectivity index (χ0v) is 16.8. The molecule has 0 radical (unpaired) electrons. The molecular weight excluding hydrogens is 360 g/mol. The van der Waals surface area contributed by atoms with Gasteiger partial charge >= 0.3 is 5.69 Å². The third-order valence-electron chi connectivity index (χ3n) is 4.63. The maximum absolute atomic E-state index is 12.3. The number of aromatic nitrogens is 2. The van der Waals surface area contributed by atoms with E-state index in [4.69, 9.17) is 0 Å². The maximum Gasteiger partial charge on any atom is 0.312 e. The van der Waals surface area contributed by atoms with Crippen molar-refractivity contribution in [2.45, 2.75) is 40.7 Å². The number of nitro groups is 1. The molecule has 0 spiro atoms. The number of carbonyl (C=O) groups excluding carboxylic acids is 1. The summed E-state index contributed by atoms with van der Waals surface area (Å²) in [4.78, 5) is 25.2. The fourth-order valence-electron chi connectivity index (χ4n) is 3.03. The van der Waals surface area contributed by atoms with Crippen LogP contribution in [0.3, 0.4) is 0 Å². The van der Waals surface area contributed by atoms with E-state index in [-0.39, 0.29) is 11.4 Å². The van der Waals surface area contributed by atoms with Gasteiger partial charge in [0.2, 0.25) is 0 Å². The van der Waals surface area contributed by atoms with Crippen LogP contribution in [-0.4, -0.2) is 39.9 Å². The Morgan fingerprint density at radius 1 is 1.32 bits per heavy atom. The average molecular weight is 386 g/mol. The predicted octanol–water partition coefficient (Wildman–Crippen LogP) is 2.97. The van der Waals surface area contributed by atoms with Crippen LogP contribution in [0.25, 0.3) is 0 Å². The fourth-order valence-corrected chi connectivity index (χ4v) is 3.03. The van der Waals surface area contributed by atoms with Crippen molar-refractivity contribution >= 4 is 23.5 Å². The van der Waals surface area contributed by atoms with Crippen LogP contribution >= 0.6 is 0 Å². The summed E-state index contributed by atoms with van der Waals surface area (Å²) in [7, 11) is 0. The molecule has 2 aromatic rings. The highest BCUT2D eigenvalue weighted by Crippen LogP contribution is 2.24. The summed E-state index contributed by atoms with van der Waals surface area (Å²) in [5.41, 5.74) is 4.99. The first-order chi connectivity index (χ1) is 13.3. The van der Waals surface area contributed by atoms with Crippen molar-refractivity contribution in [1.82, 2.24) is 15.2 Å². The number of nitrogens with one attached hydrogen (secondary N) is 1. The normalized spacial score (nSPS) is 12.2. The van der Waals surface area contributed by atoms with Crippen molar-refractivity contribution in [3.63, 3.8) is 0 Å². The molecule has 1 heterocycles. The Hall–Kier alpha value is -3.23. The summed E-state index contributed by atoms with van der Waals surface area (Å²) in [6.07, 6.45) is 1.56. The fraction of sp³-hybridized carbons (Fsp3) is 0.421. The van der Waals surface area contributed by atoms with Crippen LogP contribution in [-0.2, 0) is 4.79 Å². The molecule has 1 atom stereocenters. The first-order valence-electron chi connectivity index (χ1n) is 9.18. The zero-order chi connectivity index (χ0) is 20.8. The van der Waals surface area contributed by atoms with E-state index in [2.05, 4.69) is 34.4 Å². The van der Waals surface area contributed by atoms with Gasteiger partial charge < -0.3 is 4.90 Å². The molecule has 1 N–H and O–H groups in total. The lowest BCUT2D eigenvalue weighted by atomic mass is 10.2. The zero-order valence-electron chi connectivity index (χ0n) is 16.8. The molecule has 1 unspecified atom stereocenters. The second kappa shape index (κ2) is 9.12. The van der Waals surface area contributed by atoms with E-state index in [1.807, 2.05) is 24.3 Å². The van der Waals surface area contributed by atoms with Crippen molar-refractivity contribution in [3.05, 3.63) is 51.3 Å². The third kappa shape index (κ3) is 4.54. The summed E-state index contributed by atoms with van der Waals surface area (Å²) < 4.78 is 1.34. The molecule has 0 saturated heterocycles. The molecule has 0 aliphatic heterocycles. The smallest absolute Gasteiger partial charge is 0.312 e. The average Bonchev–Trinajstić information content (AvgIpc) is 2.97. The Kier molecular flexibility index (Phi) is 6.86. The number of nitrogens with zero attached hydrogens (tertiary/aromatic N) is 5. The van der Waals surface area contributed by atoms with Gasteiger partial charge in [0.1, 0.15) is 17.4 Å². The highest BCUT2D eigenvalue weighted by Gasteiger charge is 2.26. The van der Waals surface area contributed by atoms with Gasteiger partial charge in [-0.15, -0.1) is 0 Å². The lowest BCUT2D eigenvalue weighted by Crippen LogP contribution is -2.28. The van der Waals surface area contributed by atoms with Gasteiger partial charge in [-0.25, -0.2) is 5.43 Å². The first kappa shape index (κ1) is 21.1. The summed E-state index contributed by atoms with van der Waals surface area (Å²) in [5.74, 6) is -0.406. The Labute approximate surface area is 164 Å². The molecule has 0 aliphatic rings. The van der Waals surface area contributed by atoms with Gasteiger partial charge in [0, 0.05) is 18.8 Å². The molecule has 0 aliphatic carbocycles. The molecule has 28 heavy (non-hydrogen) atoms. The van der Waals surface area contributed by atoms with E-state index in [9.17, 15) is 14.9 Å². The molecular formula is C19H26N6O3. The van der Waals surface area contributed by atoms with Crippen LogP contribution in [0.2, 0.25) is 0 Å². The second-order valence-corrected chi connectivity index (χ2v) is 6.40. The van der Waals surface area contributed by atoms with E-state index >= 15 is 0 Å². The van der Waals surface area contributed by atoms with E-state index in [1.54, 1.807) is 27.0 Å². The number of amides is 1. The molecule has 1 aromatic carbocycles. The van der Waals surface area contributed by atoms with Crippen LogP contribution in [0.15, 0.2) is 29.4 Å². The number of hydrogen-bond donors (Lipinski definition) is 1. The van der Waals surface area contributed by atoms with E-state index in [1.165, 1.54) is 4.68 Å². The largest absolute Gasteiger partial charge is 0.372 e. The van der Waals surface area contributed by atoms with Gasteiger partial charge in [0.25, 0.3) is 5.91 Å². The Morgan fingerprint density at radius 2 is 1.93 bits per heavy atom. The highest BCUT2D eigenvalue weighted by atomic mass is 16.6. The summed E-state index contributed by atoms with van der Waals surface area (Å²) >= 11 is 0. The van der Waals surface area contributed by atoms with Gasteiger partial charge in [-0.2, -0.15) is 10.2 Å². The molecule has 0 bridgehead atoms. The van der Waals surface area contributed by atoms with Crippen molar-refractivity contribution in [3.8, 4) is 0 Å². The van der Waals surface area contributed by atoms with Crippen LogP contribution in [0.5, 0.6) is 0 Å². The number of rotatable bonds is 8. The Bertz CT molecular complexity index is 869. The van der Waals surface area contributed by atoms with Crippen molar-refractivity contribution in [2.24, 2.45) is 5.10 Å². The Balaban J connectivity index is 2.03. The highest BCUT2D eigenvalue weighted by molar-refractivity contribution is 5.84. The van der Waals surface area contributed by atoms with Crippen molar-refractivity contribution < 1.29 is 9.72 Å². The van der Waals surface area contributed by atoms with Gasteiger partial charge in [0.05, 0.1) is 11.1 Å². The summed E-state index contributed by atoms with van der Waals surface area (Å²) in [6, 6.07) is 7.14. The molecule has 9 heteroatoms. The Morgan fingerprint density at radius 3 is 2.43 bits per heavy atom. The number of carbonyl (C=O) groups is 1. The monoisotopic (exact) mass is 386 g/mol. The maximum atomic E-state index is 12.3. The number of aryl methyl sites for hydroxylation is 1. The molecule has 0 saturated carbocycles. The minimum absolute atomic E-state index is 0.0727. The minimum atomic E-state index is -0.727. The van der Waals surface area contributed by atoms with Crippen LogP contribution in [0.1, 0.15) is 43.8 Å². The van der Waals surface area contributed by atoms with Gasteiger partial charge in [-0.05, 0) is 52.3 Å². The van der Waals surface area contributed by atoms with Crippen LogP contribution < -0.4 is 10.3 Å². The topological polar surface area (TPSA) is 106 Å². The molecule has 0 fully saturated rings.